The second kappa shape index (κ2) is 10.7. The maximum atomic E-state index is 13.4. The van der Waals surface area contributed by atoms with E-state index in [-0.39, 0.29) is 18.0 Å². The summed E-state index contributed by atoms with van der Waals surface area (Å²) in [6.07, 6.45) is 0. The number of halogens is 1. The van der Waals surface area contributed by atoms with Gasteiger partial charge in [-0.25, -0.2) is 12.8 Å². The summed E-state index contributed by atoms with van der Waals surface area (Å²) in [6, 6.07) is 9.28. The molecule has 1 aliphatic heterocycles. The minimum atomic E-state index is -3.86. The number of nitrogens with one attached hydrogen (secondary N) is 1. The smallest absolute Gasteiger partial charge is 0.244 e. The van der Waals surface area contributed by atoms with Crippen LogP contribution in [0, 0.1) is 5.82 Å². The average Bonchev–Trinajstić information content (AvgIpc) is 2.85. The summed E-state index contributed by atoms with van der Waals surface area (Å²) in [4.78, 5) is 27.0. The SMILES string of the molecule is CCS(=O)(=O)N(CC(=O)N(Cc1ccc(F)cc1)C(C)C(=O)NC)c1ccc2c(c1)OCCO2. The maximum Gasteiger partial charge on any atom is 0.244 e. The van der Waals surface area contributed by atoms with Crippen LogP contribution in [0.4, 0.5) is 10.1 Å². The van der Waals surface area contributed by atoms with Crippen molar-refractivity contribution in [2.24, 2.45) is 0 Å². The molecule has 34 heavy (non-hydrogen) atoms. The Bertz CT molecular complexity index is 1140. The number of rotatable bonds is 9. The fraction of sp³-hybridized carbons (Fsp3) is 0.391. The zero-order valence-electron chi connectivity index (χ0n) is 19.3. The van der Waals surface area contributed by atoms with Crippen molar-refractivity contribution in [3.63, 3.8) is 0 Å². The molecular weight excluding hydrogens is 465 g/mol. The molecule has 2 aromatic rings. The van der Waals surface area contributed by atoms with Crippen LogP contribution in [0.1, 0.15) is 19.4 Å². The van der Waals surface area contributed by atoms with E-state index in [0.717, 1.165) is 4.31 Å². The summed E-state index contributed by atoms with van der Waals surface area (Å²) >= 11 is 0. The van der Waals surface area contributed by atoms with Crippen molar-refractivity contribution in [1.29, 1.82) is 0 Å². The number of hydrogen-bond acceptors (Lipinski definition) is 6. The number of likely N-dealkylation sites (N-methyl/N-ethyl adjacent to an activating group) is 1. The third-order valence-electron chi connectivity index (χ3n) is 5.47. The van der Waals surface area contributed by atoms with E-state index in [2.05, 4.69) is 5.32 Å². The average molecular weight is 494 g/mol. The minimum Gasteiger partial charge on any atom is -0.486 e. The summed E-state index contributed by atoms with van der Waals surface area (Å²) in [5.74, 6) is -0.805. The van der Waals surface area contributed by atoms with Crippen LogP contribution >= 0.6 is 0 Å². The van der Waals surface area contributed by atoms with Crippen LogP contribution in [-0.4, -0.2) is 63.7 Å². The Hall–Kier alpha value is -3.34. The van der Waals surface area contributed by atoms with E-state index in [9.17, 15) is 22.4 Å². The van der Waals surface area contributed by atoms with Crippen molar-refractivity contribution in [1.82, 2.24) is 10.2 Å². The van der Waals surface area contributed by atoms with Gasteiger partial charge in [0.2, 0.25) is 21.8 Å². The van der Waals surface area contributed by atoms with Gasteiger partial charge in [0.1, 0.15) is 31.6 Å². The highest BCUT2D eigenvalue weighted by molar-refractivity contribution is 7.92. The Labute approximate surface area is 198 Å². The Morgan fingerprint density at radius 2 is 1.74 bits per heavy atom. The summed E-state index contributed by atoms with van der Waals surface area (Å²) in [5.41, 5.74) is 0.837. The lowest BCUT2D eigenvalue weighted by atomic mass is 10.1. The molecule has 1 unspecified atom stereocenters. The number of anilines is 1. The minimum absolute atomic E-state index is 0.00511. The van der Waals surface area contributed by atoms with Crippen molar-refractivity contribution >= 4 is 27.5 Å². The molecule has 0 saturated carbocycles. The van der Waals surface area contributed by atoms with E-state index in [1.807, 2.05) is 0 Å². The van der Waals surface area contributed by atoms with Crippen LogP contribution in [0.15, 0.2) is 42.5 Å². The highest BCUT2D eigenvalue weighted by Crippen LogP contribution is 2.35. The number of carbonyl (C=O) groups is 2. The van der Waals surface area contributed by atoms with E-state index in [0.29, 0.717) is 30.3 Å². The molecule has 1 atom stereocenters. The quantitative estimate of drug-likeness (QED) is 0.572. The predicted octanol–water partition coefficient (Wildman–Crippen LogP) is 1.92. The zero-order valence-corrected chi connectivity index (χ0v) is 20.1. The number of amides is 2. The predicted molar refractivity (Wildman–Crippen MR) is 125 cm³/mol. The van der Waals surface area contributed by atoms with Gasteiger partial charge in [0.25, 0.3) is 0 Å². The number of carbonyl (C=O) groups excluding carboxylic acids is 2. The molecule has 1 heterocycles. The Balaban J connectivity index is 1.94. The second-order valence-electron chi connectivity index (χ2n) is 7.67. The van der Waals surface area contributed by atoms with Crippen LogP contribution < -0.4 is 19.1 Å². The summed E-state index contributed by atoms with van der Waals surface area (Å²) in [5, 5.41) is 2.50. The molecule has 0 aromatic heterocycles. The van der Waals surface area contributed by atoms with Crippen LogP contribution in [0.2, 0.25) is 0 Å². The maximum absolute atomic E-state index is 13.4. The van der Waals surface area contributed by atoms with Gasteiger partial charge in [0, 0.05) is 19.7 Å². The molecule has 0 aliphatic carbocycles. The number of ether oxygens (including phenoxy) is 2. The number of hydrogen-bond donors (Lipinski definition) is 1. The van der Waals surface area contributed by atoms with Gasteiger partial charge in [-0.15, -0.1) is 0 Å². The topological polar surface area (TPSA) is 105 Å². The van der Waals surface area contributed by atoms with E-state index >= 15 is 0 Å². The molecule has 184 valence electrons. The fourth-order valence-electron chi connectivity index (χ4n) is 3.48. The highest BCUT2D eigenvalue weighted by Gasteiger charge is 2.31. The first-order valence-electron chi connectivity index (χ1n) is 10.8. The van der Waals surface area contributed by atoms with Gasteiger partial charge in [-0.2, -0.15) is 0 Å². The van der Waals surface area contributed by atoms with Crippen LogP contribution in [0.5, 0.6) is 11.5 Å². The first-order chi connectivity index (χ1) is 16.2. The molecule has 0 fully saturated rings. The van der Waals surface area contributed by atoms with Crippen molar-refractivity contribution in [3.8, 4) is 11.5 Å². The third kappa shape index (κ3) is 5.77. The van der Waals surface area contributed by atoms with E-state index < -0.39 is 40.2 Å². The van der Waals surface area contributed by atoms with Crippen LogP contribution in [0.3, 0.4) is 0 Å². The number of sulfonamides is 1. The molecule has 0 bridgehead atoms. The summed E-state index contributed by atoms with van der Waals surface area (Å²) in [6.45, 7) is 3.20. The lowest BCUT2D eigenvalue weighted by Crippen LogP contribution is -2.51. The molecule has 2 amide bonds. The molecule has 0 spiro atoms. The first-order valence-corrected chi connectivity index (χ1v) is 12.4. The van der Waals surface area contributed by atoms with Crippen molar-refractivity contribution in [2.45, 2.75) is 26.4 Å². The lowest BCUT2D eigenvalue weighted by Gasteiger charge is -2.32. The number of fused-ring (bicyclic) bond motifs is 1. The number of nitrogens with zero attached hydrogens (tertiary/aromatic N) is 2. The zero-order chi connectivity index (χ0) is 24.9. The molecular formula is C23H28FN3O6S. The molecule has 3 rings (SSSR count). The Kier molecular flexibility index (Phi) is 7.98. The van der Waals surface area contributed by atoms with Gasteiger partial charge >= 0.3 is 0 Å². The van der Waals surface area contributed by atoms with Crippen LogP contribution in [0.25, 0.3) is 0 Å². The van der Waals surface area contributed by atoms with Crippen molar-refractivity contribution in [2.75, 3.05) is 36.9 Å². The molecule has 9 nitrogen and oxygen atoms in total. The second-order valence-corrected chi connectivity index (χ2v) is 9.86. The molecule has 0 radical (unpaired) electrons. The third-order valence-corrected chi connectivity index (χ3v) is 7.21. The highest BCUT2D eigenvalue weighted by atomic mass is 32.2. The molecule has 2 aromatic carbocycles. The Morgan fingerprint density at radius 3 is 2.35 bits per heavy atom. The van der Waals surface area contributed by atoms with Gasteiger partial charge in [-0.1, -0.05) is 12.1 Å². The van der Waals surface area contributed by atoms with Gasteiger partial charge in [0.15, 0.2) is 11.5 Å². The fourth-order valence-corrected chi connectivity index (χ4v) is 4.54. The van der Waals surface area contributed by atoms with E-state index in [4.69, 9.17) is 9.47 Å². The molecule has 0 saturated heterocycles. The van der Waals surface area contributed by atoms with Gasteiger partial charge in [-0.3, -0.25) is 13.9 Å². The summed E-state index contributed by atoms with van der Waals surface area (Å²) in [7, 11) is -2.41. The molecule has 1 N–H and O–H groups in total. The summed E-state index contributed by atoms with van der Waals surface area (Å²) < 4.78 is 51.3. The monoisotopic (exact) mass is 493 g/mol. The number of benzene rings is 2. The van der Waals surface area contributed by atoms with E-state index in [1.54, 1.807) is 19.1 Å². The lowest BCUT2D eigenvalue weighted by molar-refractivity contribution is -0.139. The van der Waals surface area contributed by atoms with E-state index in [1.165, 1.54) is 49.2 Å². The van der Waals surface area contributed by atoms with Crippen molar-refractivity contribution < 1.29 is 31.9 Å². The Morgan fingerprint density at radius 1 is 1.09 bits per heavy atom. The van der Waals surface area contributed by atoms with Gasteiger partial charge in [-0.05, 0) is 43.7 Å². The molecule has 11 heteroatoms. The van der Waals surface area contributed by atoms with Gasteiger partial charge in [0.05, 0.1) is 11.4 Å². The molecule has 1 aliphatic rings. The largest absolute Gasteiger partial charge is 0.486 e. The first kappa shape index (κ1) is 25.3. The van der Waals surface area contributed by atoms with Gasteiger partial charge < -0.3 is 19.7 Å². The normalized spacial score (nSPS) is 13.6. The van der Waals surface area contributed by atoms with Crippen molar-refractivity contribution in [3.05, 3.63) is 53.8 Å². The van der Waals surface area contributed by atoms with Crippen LogP contribution in [-0.2, 0) is 26.2 Å². The standard InChI is InChI=1S/C23H28FN3O6S/c1-4-34(30,31)27(19-9-10-20-21(13-19)33-12-11-32-20)15-22(28)26(16(2)23(29)25-3)14-17-5-7-18(24)8-6-17/h5-10,13,16H,4,11-12,14-15H2,1-3H3,(H,25,29).